The molecule has 2 aromatic carbocycles. The van der Waals surface area contributed by atoms with Crippen molar-refractivity contribution in [1.29, 1.82) is 0 Å². The van der Waals surface area contributed by atoms with Crippen LogP contribution in [0.5, 0.6) is 17.2 Å². The first-order valence-electron chi connectivity index (χ1n) is 5.53. The van der Waals surface area contributed by atoms with Crippen molar-refractivity contribution in [2.24, 2.45) is 0 Å². The number of nitrogen functional groups attached to an aromatic ring is 1. The third kappa shape index (κ3) is 3.78. The molecule has 0 aliphatic rings. The van der Waals surface area contributed by atoms with E-state index in [-0.39, 0.29) is 21.7 Å². The van der Waals surface area contributed by atoms with Gasteiger partial charge in [-0.1, -0.05) is 0 Å². The van der Waals surface area contributed by atoms with E-state index >= 15 is 0 Å². The first-order chi connectivity index (χ1) is 9.86. The third-order valence-electron chi connectivity index (χ3n) is 2.39. The summed E-state index contributed by atoms with van der Waals surface area (Å²) < 4.78 is 60.3. The number of halogens is 5. The topological polar surface area (TPSA) is 44.5 Å². The first kappa shape index (κ1) is 15.4. The van der Waals surface area contributed by atoms with Crippen LogP contribution in [0.15, 0.2) is 34.8 Å². The lowest BCUT2D eigenvalue weighted by atomic mass is 10.2. The summed E-state index contributed by atoms with van der Waals surface area (Å²) >= 11 is 3.07. The predicted octanol–water partition coefficient (Wildman–Crippen LogP) is 4.70. The van der Waals surface area contributed by atoms with Crippen LogP contribution in [0.2, 0.25) is 0 Å². The highest BCUT2D eigenvalue weighted by Gasteiger charge is 2.15. The summed E-state index contributed by atoms with van der Waals surface area (Å²) in [5, 5.41) is 0. The van der Waals surface area contributed by atoms with Gasteiger partial charge in [-0.05, 0) is 34.1 Å². The van der Waals surface area contributed by atoms with Gasteiger partial charge in [0.1, 0.15) is 11.6 Å². The predicted molar refractivity (Wildman–Crippen MR) is 71.6 cm³/mol. The van der Waals surface area contributed by atoms with Gasteiger partial charge in [-0.15, -0.1) is 0 Å². The molecule has 8 heteroatoms. The highest BCUT2D eigenvalue weighted by molar-refractivity contribution is 9.10. The molecule has 0 unspecified atom stereocenters. The van der Waals surface area contributed by atoms with Gasteiger partial charge in [0, 0.05) is 12.1 Å². The van der Waals surface area contributed by atoms with E-state index in [9.17, 15) is 17.6 Å². The summed E-state index contributed by atoms with van der Waals surface area (Å²) in [6.45, 7) is -3.19. The molecule has 0 atom stereocenters. The lowest BCUT2D eigenvalue weighted by Crippen LogP contribution is -2.05. The van der Waals surface area contributed by atoms with Gasteiger partial charge in [0.05, 0.1) is 10.2 Å². The largest absolute Gasteiger partial charge is 0.454 e. The molecule has 3 nitrogen and oxygen atoms in total. The van der Waals surface area contributed by atoms with E-state index < -0.39 is 24.0 Å². The normalized spacial score (nSPS) is 10.8. The Morgan fingerprint density at radius 2 is 1.71 bits per heavy atom. The lowest BCUT2D eigenvalue weighted by molar-refractivity contribution is -0.0522. The minimum Gasteiger partial charge on any atom is -0.454 e. The average molecular weight is 366 g/mol. The first-order valence-corrected chi connectivity index (χ1v) is 6.33. The highest BCUT2D eigenvalue weighted by Crippen LogP contribution is 2.36. The Morgan fingerprint density at radius 1 is 1.00 bits per heavy atom. The summed E-state index contributed by atoms with van der Waals surface area (Å²) in [6, 6.07) is 5.27. The standard InChI is InChI=1S/C13H8BrF4NO2/c14-7-3-6(15)1-2-10(7)20-12-5-11(21-13(17)18)8(16)4-9(12)19/h1-5,13H,19H2. The van der Waals surface area contributed by atoms with E-state index in [2.05, 4.69) is 20.7 Å². The fourth-order valence-corrected chi connectivity index (χ4v) is 1.93. The molecular weight excluding hydrogens is 358 g/mol. The molecule has 21 heavy (non-hydrogen) atoms. The summed E-state index contributed by atoms with van der Waals surface area (Å²) in [4.78, 5) is 0. The summed E-state index contributed by atoms with van der Waals surface area (Å²) in [5.74, 6) is -2.16. The molecule has 0 aromatic heterocycles. The van der Waals surface area contributed by atoms with E-state index in [4.69, 9.17) is 10.5 Å². The molecular formula is C13H8BrF4NO2. The zero-order valence-corrected chi connectivity index (χ0v) is 11.8. The number of nitrogens with two attached hydrogens (primary N) is 1. The average Bonchev–Trinajstić information content (AvgIpc) is 2.37. The maximum Gasteiger partial charge on any atom is 0.387 e. The Morgan fingerprint density at radius 3 is 2.33 bits per heavy atom. The minimum absolute atomic E-state index is 0.0978. The quantitative estimate of drug-likeness (QED) is 0.630. The van der Waals surface area contributed by atoms with E-state index in [1.165, 1.54) is 6.07 Å². The Balaban J connectivity index is 2.34. The number of ether oxygens (including phenoxy) is 2. The summed E-state index contributed by atoms with van der Waals surface area (Å²) in [6.07, 6.45) is 0. The number of benzene rings is 2. The van der Waals surface area contributed by atoms with Crippen LogP contribution in [0, 0.1) is 11.6 Å². The Labute approximate surface area is 125 Å². The van der Waals surface area contributed by atoms with Crippen molar-refractivity contribution < 1.29 is 27.0 Å². The monoisotopic (exact) mass is 365 g/mol. The molecule has 0 fully saturated rings. The molecule has 0 saturated heterocycles. The number of anilines is 1. The number of rotatable bonds is 4. The van der Waals surface area contributed by atoms with Gasteiger partial charge < -0.3 is 15.2 Å². The maximum absolute atomic E-state index is 13.4. The van der Waals surface area contributed by atoms with Crippen molar-refractivity contribution in [3.05, 3.63) is 46.4 Å². The second-order valence-electron chi connectivity index (χ2n) is 3.88. The molecule has 0 aliphatic carbocycles. The summed E-state index contributed by atoms with van der Waals surface area (Å²) in [5.41, 5.74) is 5.43. The second kappa shape index (κ2) is 6.21. The van der Waals surface area contributed by atoms with E-state index in [0.717, 1.165) is 24.3 Å². The number of hydrogen-bond acceptors (Lipinski definition) is 3. The van der Waals surface area contributed by atoms with Crippen LogP contribution < -0.4 is 15.2 Å². The van der Waals surface area contributed by atoms with Gasteiger partial charge in [0.2, 0.25) is 0 Å². The van der Waals surface area contributed by atoms with Crippen LogP contribution in [0.1, 0.15) is 0 Å². The second-order valence-corrected chi connectivity index (χ2v) is 4.73. The molecule has 0 spiro atoms. The van der Waals surface area contributed by atoms with Crippen molar-refractivity contribution in [3.63, 3.8) is 0 Å². The van der Waals surface area contributed by atoms with Gasteiger partial charge in [0.25, 0.3) is 0 Å². The van der Waals surface area contributed by atoms with Crippen molar-refractivity contribution in [1.82, 2.24) is 0 Å². The zero-order valence-electron chi connectivity index (χ0n) is 10.2. The molecule has 2 aromatic rings. The smallest absolute Gasteiger partial charge is 0.387 e. The van der Waals surface area contributed by atoms with Crippen LogP contribution in [0.25, 0.3) is 0 Å². The van der Waals surface area contributed by atoms with Gasteiger partial charge in [0.15, 0.2) is 17.3 Å². The lowest BCUT2D eigenvalue weighted by Gasteiger charge is -2.13. The highest BCUT2D eigenvalue weighted by atomic mass is 79.9. The van der Waals surface area contributed by atoms with Crippen LogP contribution in [0.4, 0.5) is 23.2 Å². The Kier molecular flexibility index (Phi) is 4.56. The van der Waals surface area contributed by atoms with E-state index in [1.54, 1.807) is 0 Å². The van der Waals surface area contributed by atoms with Crippen LogP contribution in [-0.2, 0) is 0 Å². The van der Waals surface area contributed by atoms with Crippen molar-refractivity contribution in [2.45, 2.75) is 6.61 Å². The zero-order chi connectivity index (χ0) is 15.6. The Hall–Kier alpha value is -1.96. The molecule has 0 radical (unpaired) electrons. The number of alkyl halides is 2. The molecule has 0 amide bonds. The van der Waals surface area contributed by atoms with Gasteiger partial charge >= 0.3 is 6.61 Å². The van der Waals surface area contributed by atoms with E-state index in [1.807, 2.05) is 0 Å². The molecule has 112 valence electrons. The maximum atomic E-state index is 13.4. The van der Waals surface area contributed by atoms with Crippen molar-refractivity contribution in [2.75, 3.05) is 5.73 Å². The number of hydrogen-bond donors (Lipinski definition) is 1. The summed E-state index contributed by atoms with van der Waals surface area (Å²) in [7, 11) is 0. The van der Waals surface area contributed by atoms with Crippen LogP contribution in [0.3, 0.4) is 0 Å². The fourth-order valence-electron chi connectivity index (χ4n) is 1.50. The third-order valence-corrected chi connectivity index (χ3v) is 3.01. The fraction of sp³-hybridized carbons (Fsp3) is 0.0769. The van der Waals surface area contributed by atoms with Crippen molar-refractivity contribution in [3.8, 4) is 17.2 Å². The minimum atomic E-state index is -3.19. The Bertz CT molecular complexity index is 667. The molecule has 0 bridgehead atoms. The van der Waals surface area contributed by atoms with E-state index in [0.29, 0.717) is 0 Å². The molecule has 0 aliphatic heterocycles. The van der Waals surface area contributed by atoms with Crippen LogP contribution >= 0.6 is 15.9 Å². The molecule has 2 rings (SSSR count). The van der Waals surface area contributed by atoms with Crippen molar-refractivity contribution >= 4 is 21.6 Å². The molecule has 0 saturated carbocycles. The molecule has 0 heterocycles. The van der Waals surface area contributed by atoms with Gasteiger partial charge in [-0.25, -0.2) is 8.78 Å². The molecule has 2 N–H and O–H groups in total. The van der Waals surface area contributed by atoms with Crippen LogP contribution in [-0.4, -0.2) is 6.61 Å². The van der Waals surface area contributed by atoms with Gasteiger partial charge in [-0.2, -0.15) is 8.78 Å². The van der Waals surface area contributed by atoms with Gasteiger partial charge in [-0.3, -0.25) is 0 Å². The SMILES string of the molecule is Nc1cc(F)c(OC(F)F)cc1Oc1ccc(F)cc1Br.